The van der Waals surface area contributed by atoms with Gasteiger partial charge in [0.05, 0.1) is 11.4 Å². The summed E-state index contributed by atoms with van der Waals surface area (Å²) < 4.78 is 24.1. The van der Waals surface area contributed by atoms with E-state index in [1.54, 1.807) is 0 Å². The van der Waals surface area contributed by atoms with Crippen molar-refractivity contribution in [3.05, 3.63) is 29.8 Å². The molecule has 68 valence electrons. The monoisotopic (exact) mass is 188 g/mol. The minimum atomic E-state index is -2.86. The minimum Gasteiger partial charge on any atom is -0.750 e. The van der Waals surface area contributed by atoms with E-state index in [2.05, 4.69) is 0 Å². The number of hydrogen-bond acceptors (Lipinski definition) is 3. The number of aryl methyl sites for hydroxylation is 1. The van der Waals surface area contributed by atoms with Crippen LogP contribution < -0.4 is 5.73 Å². The number of rotatable bonds is 0. The lowest BCUT2D eigenvalue weighted by Gasteiger charge is -1.90. The van der Waals surface area contributed by atoms with Gasteiger partial charge >= 0.3 is 0 Å². The molecule has 0 saturated heterocycles. The molecule has 0 aliphatic heterocycles. The zero-order chi connectivity index (χ0) is 9.56. The third-order valence-electron chi connectivity index (χ3n) is 1.08. The van der Waals surface area contributed by atoms with Gasteiger partial charge in [0.2, 0.25) is 0 Å². The average Bonchev–Trinajstić information content (AvgIpc) is 1.94. The van der Waals surface area contributed by atoms with Gasteiger partial charge in [0.25, 0.3) is 0 Å². The average molecular weight is 188 g/mol. The second kappa shape index (κ2) is 5.70. The second-order valence-electron chi connectivity index (χ2n) is 2.13. The first-order chi connectivity index (χ1) is 5.52. The molecule has 0 aliphatic rings. The molecule has 12 heavy (non-hydrogen) atoms. The smallest absolute Gasteiger partial charge is 0.0814 e. The van der Waals surface area contributed by atoms with Gasteiger partial charge in [-0.15, -0.1) is 0 Å². The predicted octanol–water partition coefficient (Wildman–Crippen LogP) is 0.916. The topological polar surface area (TPSA) is 86.4 Å². The number of hydrogen-bond donors (Lipinski definition) is 2. The van der Waals surface area contributed by atoms with E-state index >= 15 is 0 Å². The third kappa shape index (κ3) is 7.20. The molecule has 5 heteroatoms. The summed E-state index contributed by atoms with van der Waals surface area (Å²) in [7, 11) is 0. The summed E-state index contributed by atoms with van der Waals surface area (Å²) in [4.78, 5) is 0. The Morgan fingerprint density at radius 2 is 1.75 bits per heavy atom. The van der Waals surface area contributed by atoms with E-state index in [9.17, 15) is 0 Å². The van der Waals surface area contributed by atoms with E-state index in [0.29, 0.717) is 0 Å². The van der Waals surface area contributed by atoms with Crippen LogP contribution >= 0.6 is 0 Å². The van der Waals surface area contributed by atoms with Crippen LogP contribution in [0.1, 0.15) is 5.56 Å². The molecule has 0 spiro atoms. The molecule has 0 radical (unpaired) electrons. The molecule has 0 saturated carbocycles. The van der Waals surface area contributed by atoms with Gasteiger partial charge in [0.15, 0.2) is 0 Å². The van der Waals surface area contributed by atoms with Crippen LogP contribution in [0.25, 0.3) is 0 Å². The highest BCUT2D eigenvalue weighted by atomic mass is 32.2. The molecule has 3 N–H and O–H groups in total. The quantitative estimate of drug-likeness (QED) is 0.468. The van der Waals surface area contributed by atoms with Gasteiger partial charge in [0.1, 0.15) is 0 Å². The Morgan fingerprint density at radius 3 is 2.00 bits per heavy atom. The van der Waals surface area contributed by atoms with Gasteiger partial charge < -0.3 is 14.8 Å². The zero-order valence-electron chi connectivity index (χ0n) is 6.56. The number of nitrogen functional groups attached to an aromatic ring is 1. The van der Waals surface area contributed by atoms with Crippen molar-refractivity contribution in [3.63, 3.8) is 0 Å². The predicted molar refractivity (Wildman–Crippen MR) is 47.1 cm³/mol. The van der Waals surface area contributed by atoms with Crippen molar-refractivity contribution in [1.29, 1.82) is 0 Å². The van der Waals surface area contributed by atoms with Crippen molar-refractivity contribution >= 4 is 17.0 Å². The van der Waals surface area contributed by atoms with E-state index in [0.717, 1.165) is 5.69 Å². The Morgan fingerprint density at radius 1 is 1.42 bits per heavy atom. The van der Waals surface area contributed by atoms with Crippen LogP contribution in [-0.4, -0.2) is 13.3 Å². The van der Waals surface area contributed by atoms with E-state index in [1.807, 2.05) is 31.2 Å². The molecule has 0 fully saturated rings. The normalized spacial score (nSPS) is 11.2. The maximum atomic E-state index is 8.56. The van der Waals surface area contributed by atoms with Crippen LogP contribution in [0.3, 0.4) is 0 Å². The zero-order valence-corrected chi connectivity index (χ0v) is 7.38. The first-order valence-corrected chi connectivity index (χ1v) is 4.16. The van der Waals surface area contributed by atoms with Crippen LogP contribution in [-0.2, 0) is 11.4 Å². The lowest BCUT2D eigenvalue weighted by Crippen LogP contribution is -1.81. The van der Waals surface area contributed by atoms with Gasteiger partial charge in [-0.25, -0.2) is 4.21 Å². The Labute approximate surface area is 73.5 Å². The summed E-state index contributed by atoms with van der Waals surface area (Å²) in [6.07, 6.45) is 0. The maximum absolute atomic E-state index is 8.56. The van der Waals surface area contributed by atoms with E-state index in [4.69, 9.17) is 19.0 Å². The molecule has 1 aromatic rings. The van der Waals surface area contributed by atoms with Crippen LogP contribution in [0.5, 0.6) is 0 Å². The fourth-order valence-corrected chi connectivity index (χ4v) is 0.566. The molecule has 1 unspecified atom stereocenters. The van der Waals surface area contributed by atoms with Crippen molar-refractivity contribution < 1.29 is 13.3 Å². The van der Waals surface area contributed by atoms with E-state index in [1.165, 1.54) is 5.56 Å². The Hall–Kier alpha value is -0.910. The molecule has 0 heterocycles. The van der Waals surface area contributed by atoms with Crippen LogP contribution in [0.15, 0.2) is 24.3 Å². The highest BCUT2D eigenvalue weighted by Crippen LogP contribution is 2.02. The summed E-state index contributed by atoms with van der Waals surface area (Å²) in [6, 6.07) is 7.79. The molecular weight excluding hydrogens is 178 g/mol. The molecule has 0 bridgehead atoms. The molecule has 1 aromatic carbocycles. The van der Waals surface area contributed by atoms with Crippen LogP contribution in [0.4, 0.5) is 5.69 Å². The molecule has 1 rings (SSSR count). The van der Waals surface area contributed by atoms with Crippen LogP contribution in [0.2, 0.25) is 0 Å². The summed E-state index contributed by atoms with van der Waals surface area (Å²) in [5.41, 5.74) is 7.51. The third-order valence-corrected chi connectivity index (χ3v) is 1.08. The van der Waals surface area contributed by atoms with Crippen molar-refractivity contribution in [3.8, 4) is 0 Å². The highest BCUT2D eigenvalue weighted by Gasteiger charge is 1.80. The van der Waals surface area contributed by atoms with Gasteiger partial charge in [-0.3, -0.25) is 0 Å². The molecule has 0 amide bonds. The van der Waals surface area contributed by atoms with Gasteiger partial charge in [-0.1, -0.05) is 17.7 Å². The largest absolute Gasteiger partial charge is 0.750 e. The summed E-state index contributed by atoms with van der Waals surface area (Å²) in [5, 5.41) is 0. The molecule has 0 aliphatic carbocycles. The Balaban J connectivity index is 0.000000261. The Bertz CT molecular complexity index is 222. The summed E-state index contributed by atoms with van der Waals surface area (Å²) >= 11 is -2.86. The van der Waals surface area contributed by atoms with Crippen molar-refractivity contribution in [1.82, 2.24) is 0 Å². The summed E-state index contributed by atoms with van der Waals surface area (Å²) in [6.45, 7) is 2.04. The lowest BCUT2D eigenvalue weighted by atomic mass is 10.2. The number of benzene rings is 1. The van der Waals surface area contributed by atoms with Gasteiger partial charge in [0, 0.05) is 5.69 Å². The molecule has 4 nitrogen and oxygen atoms in total. The maximum Gasteiger partial charge on any atom is 0.0814 e. The van der Waals surface area contributed by atoms with E-state index in [-0.39, 0.29) is 0 Å². The first kappa shape index (κ1) is 11.1. The fourth-order valence-electron chi connectivity index (χ4n) is 0.566. The van der Waals surface area contributed by atoms with E-state index < -0.39 is 11.4 Å². The molecular formula is C7H10NO3S-. The SMILES string of the molecule is Cc1ccc(N)cc1.O=S([O-])O. The fraction of sp³-hybridized carbons (Fsp3) is 0.143. The highest BCUT2D eigenvalue weighted by molar-refractivity contribution is 7.73. The second-order valence-corrected chi connectivity index (χ2v) is 2.56. The van der Waals surface area contributed by atoms with Crippen LogP contribution in [0, 0.1) is 6.92 Å². The summed E-state index contributed by atoms with van der Waals surface area (Å²) in [5.74, 6) is 0. The lowest BCUT2D eigenvalue weighted by molar-refractivity contribution is 0.436. The minimum absolute atomic E-state index is 0.829. The van der Waals surface area contributed by atoms with Gasteiger partial charge in [-0.2, -0.15) is 0 Å². The van der Waals surface area contributed by atoms with Crippen molar-refractivity contribution in [2.24, 2.45) is 0 Å². The van der Waals surface area contributed by atoms with Crippen molar-refractivity contribution in [2.75, 3.05) is 5.73 Å². The molecule has 0 aromatic heterocycles. The first-order valence-electron chi connectivity index (χ1n) is 3.13. The Kier molecular flexibility index (Phi) is 5.27. The number of nitrogens with two attached hydrogens (primary N) is 1. The van der Waals surface area contributed by atoms with Gasteiger partial charge in [-0.05, 0) is 19.1 Å². The number of anilines is 1. The standard InChI is InChI=1S/C7H9N.H2O3S/c1-6-2-4-7(8)5-3-6;1-4(2)3/h2-5H,8H2,1H3;(H2,1,2,3)/p-1. The molecule has 1 atom stereocenters. The van der Waals surface area contributed by atoms with Crippen molar-refractivity contribution in [2.45, 2.75) is 6.92 Å².